The summed E-state index contributed by atoms with van der Waals surface area (Å²) in [6, 6.07) is 0. The molecule has 0 spiro atoms. The Morgan fingerprint density at radius 1 is 0.604 bits per heavy atom. The fraction of sp³-hybridized carbons (Fsp3) is 0.714. The molecule has 0 radical (unpaired) electrons. The average molecular weight is 673 g/mol. The van der Waals surface area contributed by atoms with Crippen LogP contribution in [0.5, 0.6) is 0 Å². The largest absolute Gasteiger partial charge is 0.462 e. The number of unbranched alkanes of at least 4 members (excludes halogenated alkanes) is 16. The number of hydrogen-bond acceptors (Lipinski definition) is 6. The zero-order chi connectivity index (χ0) is 35.2. The Morgan fingerprint density at radius 2 is 1.12 bits per heavy atom. The van der Waals surface area contributed by atoms with E-state index in [9.17, 15) is 19.8 Å². The molecule has 0 saturated carbocycles. The summed E-state index contributed by atoms with van der Waals surface area (Å²) >= 11 is 0. The van der Waals surface area contributed by atoms with Crippen molar-refractivity contribution in [1.29, 1.82) is 0 Å². The molecule has 0 aliphatic heterocycles. The van der Waals surface area contributed by atoms with Crippen molar-refractivity contribution < 1.29 is 29.3 Å². The zero-order valence-electron chi connectivity index (χ0n) is 30.8. The molecular weight excluding hydrogens is 600 g/mol. The Kier molecular flexibility index (Phi) is 35.5. The molecule has 6 nitrogen and oxygen atoms in total. The van der Waals surface area contributed by atoms with E-state index in [1.165, 1.54) is 83.5 Å². The molecule has 276 valence electrons. The van der Waals surface area contributed by atoms with E-state index in [0.29, 0.717) is 19.3 Å². The molecule has 0 heterocycles. The van der Waals surface area contributed by atoms with Crippen molar-refractivity contribution in [3.63, 3.8) is 0 Å². The molecule has 0 aliphatic carbocycles. The predicted molar refractivity (Wildman–Crippen MR) is 202 cm³/mol. The van der Waals surface area contributed by atoms with Crippen molar-refractivity contribution in [2.24, 2.45) is 0 Å². The highest BCUT2D eigenvalue weighted by Crippen LogP contribution is 2.14. The molecular formula is C42H72O6. The Morgan fingerprint density at radius 3 is 1.71 bits per heavy atom. The van der Waals surface area contributed by atoms with Crippen molar-refractivity contribution in [2.75, 3.05) is 13.2 Å². The highest BCUT2D eigenvalue weighted by atomic mass is 16.6. The minimum absolute atomic E-state index is 0.108. The summed E-state index contributed by atoms with van der Waals surface area (Å²) in [5, 5.41) is 19.3. The van der Waals surface area contributed by atoms with Crippen LogP contribution in [0.4, 0.5) is 0 Å². The summed E-state index contributed by atoms with van der Waals surface area (Å²) in [7, 11) is 0. The first kappa shape index (κ1) is 45.6. The summed E-state index contributed by atoms with van der Waals surface area (Å²) in [4.78, 5) is 24.2. The van der Waals surface area contributed by atoms with E-state index in [4.69, 9.17) is 9.47 Å². The third-order valence-electron chi connectivity index (χ3n) is 8.15. The predicted octanol–water partition coefficient (Wildman–Crippen LogP) is 11.0. The summed E-state index contributed by atoms with van der Waals surface area (Å²) in [5.74, 6) is -0.683. The van der Waals surface area contributed by atoms with E-state index in [2.05, 4.69) is 37.3 Å². The van der Waals surface area contributed by atoms with Crippen LogP contribution in [-0.4, -0.2) is 47.6 Å². The number of rotatable bonds is 34. The number of aliphatic hydroxyl groups is 2. The lowest BCUT2D eigenvalue weighted by molar-refractivity contribution is -0.161. The number of aliphatic hydroxyl groups excluding tert-OH is 2. The number of allylic oxidation sites excluding steroid dienone is 8. The van der Waals surface area contributed by atoms with Gasteiger partial charge in [-0.05, 0) is 44.9 Å². The van der Waals surface area contributed by atoms with Crippen LogP contribution in [0.3, 0.4) is 0 Å². The number of carbonyl (C=O) groups is 2. The van der Waals surface area contributed by atoms with Gasteiger partial charge in [0.1, 0.15) is 6.61 Å². The molecule has 1 unspecified atom stereocenters. The average Bonchev–Trinajstić information content (AvgIpc) is 3.08. The van der Waals surface area contributed by atoms with Gasteiger partial charge in [0, 0.05) is 12.8 Å². The maximum atomic E-state index is 12.2. The van der Waals surface area contributed by atoms with E-state index >= 15 is 0 Å². The molecule has 0 saturated heterocycles. The Hall–Kier alpha value is -2.44. The van der Waals surface area contributed by atoms with Gasteiger partial charge >= 0.3 is 11.9 Å². The van der Waals surface area contributed by atoms with E-state index < -0.39 is 12.2 Å². The van der Waals surface area contributed by atoms with Gasteiger partial charge in [-0.1, -0.05) is 171 Å². The molecule has 0 aliphatic rings. The minimum atomic E-state index is -0.805. The standard InChI is InChI=1S/C42H72O6/c1-3-5-7-8-9-10-11-12-13-14-15-20-23-26-29-32-36-42(46)48-40(37-43)38-47-41(45)35-31-28-25-22-19-17-16-18-21-24-27-30-34-39(44)33-6-4-2/h6,16-17,21-22,24-25,27,30,33,39-40,43-44H,3-5,7-15,18-20,23,26,28-29,31-32,34-38H2,1-2H3/b17-16-,24-21-,25-22-,30-27+,33-6-/t39?,40-/m0/s1. The van der Waals surface area contributed by atoms with Crippen LogP contribution in [0.15, 0.2) is 60.8 Å². The monoisotopic (exact) mass is 673 g/mol. The second-order valence-corrected chi connectivity index (χ2v) is 12.8. The third kappa shape index (κ3) is 34.9. The van der Waals surface area contributed by atoms with Crippen LogP contribution in [0, 0.1) is 0 Å². The molecule has 2 atom stereocenters. The SMILES string of the molecule is CC/C=C\C(O)C/C=C/C=C\C/C=C\C/C=C\CCCC(=O)OC[C@H](CO)OC(=O)CCCCCCCCCCCCCCCCCC. The van der Waals surface area contributed by atoms with Crippen molar-refractivity contribution in [3.8, 4) is 0 Å². The molecule has 0 aromatic carbocycles. The maximum Gasteiger partial charge on any atom is 0.306 e. The van der Waals surface area contributed by atoms with Gasteiger partial charge in [0.15, 0.2) is 6.10 Å². The first-order valence-corrected chi connectivity index (χ1v) is 19.5. The van der Waals surface area contributed by atoms with Gasteiger partial charge in [-0.3, -0.25) is 9.59 Å². The fourth-order valence-corrected chi connectivity index (χ4v) is 5.20. The van der Waals surface area contributed by atoms with E-state index in [-0.39, 0.29) is 31.6 Å². The molecule has 48 heavy (non-hydrogen) atoms. The van der Waals surface area contributed by atoms with Crippen LogP contribution in [0.1, 0.15) is 168 Å². The van der Waals surface area contributed by atoms with Crippen molar-refractivity contribution in [2.45, 2.75) is 180 Å². The maximum absolute atomic E-state index is 12.2. The molecule has 2 N–H and O–H groups in total. The normalized spacial score (nSPS) is 13.5. The lowest BCUT2D eigenvalue weighted by Gasteiger charge is -2.15. The van der Waals surface area contributed by atoms with Crippen LogP contribution in [0.25, 0.3) is 0 Å². The Balaban J connectivity index is 3.69. The lowest BCUT2D eigenvalue weighted by Crippen LogP contribution is -2.28. The van der Waals surface area contributed by atoms with Gasteiger partial charge in [0.25, 0.3) is 0 Å². The summed E-state index contributed by atoms with van der Waals surface area (Å²) in [6.45, 7) is 3.85. The highest BCUT2D eigenvalue weighted by Gasteiger charge is 2.16. The summed E-state index contributed by atoms with van der Waals surface area (Å²) in [5.41, 5.74) is 0. The van der Waals surface area contributed by atoms with Gasteiger partial charge in [-0.15, -0.1) is 0 Å². The van der Waals surface area contributed by atoms with Crippen LogP contribution in [0.2, 0.25) is 0 Å². The van der Waals surface area contributed by atoms with Gasteiger partial charge < -0.3 is 19.7 Å². The Bertz CT molecular complexity index is 871. The highest BCUT2D eigenvalue weighted by molar-refractivity contribution is 5.70. The molecule has 0 bridgehead atoms. The zero-order valence-corrected chi connectivity index (χ0v) is 30.8. The molecule has 0 aromatic rings. The third-order valence-corrected chi connectivity index (χ3v) is 8.15. The van der Waals surface area contributed by atoms with Gasteiger partial charge in [-0.2, -0.15) is 0 Å². The summed E-state index contributed by atoms with van der Waals surface area (Å²) < 4.78 is 10.5. The molecule has 0 rings (SSSR count). The topological polar surface area (TPSA) is 93.1 Å². The van der Waals surface area contributed by atoms with Gasteiger partial charge in [0.05, 0.1) is 12.7 Å². The molecule has 6 heteroatoms. The van der Waals surface area contributed by atoms with Crippen molar-refractivity contribution in [1.82, 2.24) is 0 Å². The van der Waals surface area contributed by atoms with Crippen molar-refractivity contribution in [3.05, 3.63) is 60.8 Å². The van der Waals surface area contributed by atoms with Crippen molar-refractivity contribution >= 4 is 11.9 Å². The van der Waals surface area contributed by atoms with E-state index in [1.54, 1.807) is 0 Å². The van der Waals surface area contributed by atoms with Gasteiger partial charge in [0.2, 0.25) is 0 Å². The number of esters is 2. The molecule has 0 amide bonds. The number of ether oxygens (including phenoxy) is 2. The van der Waals surface area contributed by atoms with Crippen LogP contribution in [-0.2, 0) is 19.1 Å². The molecule has 0 fully saturated rings. The van der Waals surface area contributed by atoms with Gasteiger partial charge in [-0.25, -0.2) is 0 Å². The van der Waals surface area contributed by atoms with E-state index in [0.717, 1.165) is 44.9 Å². The van der Waals surface area contributed by atoms with Crippen LogP contribution >= 0.6 is 0 Å². The Labute approximate surface area is 294 Å². The molecule has 0 aromatic heterocycles. The smallest absolute Gasteiger partial charge is 0.306 e. The first-order chi connectivity index (χ1) is 23.5. The second kappa shape index (κ2) is 37.4. The fourth-order valence-electron chi connectivity index (χ4n) is 5.20. The van der Waals surface area contributed by atoms with Crippen LogP contribution < -0.4 is 0 Å². The summed E-state index contributed by atoms with van der Waals surface area (Å²) in [6.07, 6.45) is 44.8. The number of hydrogen-bond donors (Lipinski definition) is 2. The van der Waals surface area contributed by atoms with E-state index in [1.807, 2.05) is 37.3 Å². The lowest BCUT2D eigenvalue weighted by atomic mass is 10.0. The number of carbonyl (C=O) groups excluding carboxylic acids is 2. The quantitative estimate of drug-likeness (QED) is 0.0306. The second-order valence-electron chi connectivity index (χ2n) is 12.8. The first-order valence-electron chi connectivity index (χ1n) is 19.5. The minimum Gasteiger partial charge on any atom is -0.462 e.